The SMILES string of the molecule is CCCCCN(C(=O)NC[C@H](c1ccco1)N1CCCC1)C(C)C. The predicted molar refractivity (Wildman–Crippen MR) is 97.0 cm³/mol. The third-order valence-corrected chi connectivity index (χ3v) is 4.79. The Morgan fingerprint density at radius 3 is 2.67 bits per heavy atom. The van der Waals surface area contributed by atoms with E-state index < -0.39 is 0 Å². The highest BCUT2D eigenvalue weighted by atomic mass is 16.3. The lowest BCUT2D eigenvalue weighted by atomic mass is 10.2. The van der Waals surface area contributed by atoms with Crippen LogP contribution >= 0.6 is 0 Å². The van der Waals surface area contributed by atoms with Crippen molar-refractivity contribution in [1.29, 1.82) is 0 Å². The molecule has 5 heteroatoms. The smallest absolute Gasteiger partial charge is 0.317 e. The minimum atomic E-state index is 0.0388. The van der Waals surface area contributed by atoms with E-state index in [-0.39, 0.29) is 18.1 Å². The first kappa shape index (κ1) is 18.8. The molecule has 1 aromatic rings. The van der Waals surface area contributed by atoms with Crippen LogP contribution in [0.3, 0.4) is 0 Å². The normalized spacial score (nSPS) is 16.5. The summed E-state index contributed by atoms with van der Waals surface area (Å²) in [6, 6.07) is 4.32. The molecule has 1 N–H and O–H groups in total. The third-order valence-electron chi connectivity index (χ3n) is 4.79. The molecule has 1 aliphatic heterocycles. The first-order chi connectivity index (χ1) is 11.6. The maximum atomic E-state index is 12.6. The van der Waals surface area contributed by atoms with Crippen molar-refractivity contribution in [2.24, 2.45) is 0 Å². The maximum absolute atomic E-state index is 12.6. The van der Waals surface area contributed by atoms with E-state index in [1.165, 1.54) is 25.7 Å². The van der Waals surface area contributed by atoms with E-state index in [2.05, 4.69) is 31.0 Å². The Morgan fingerprint density at radius 2 is 2.08 bits per heavy atom. The molecule has 0 bridgehead atoms. The number of nitrogens with zero attached hydrogens (tertiary/aromatic N) is 2. The fourth-order valence-electron chi connectivity index (χ4n) is 3.36. The first-order valence-electron chi connectivity index (χ1n) is 9.45. The molecule has 0 aliphatic carbocycles. The number of amides is 2. The highest BCUT2D eigenvalue weighted by Crippen LogP contribution is 2.25. The Bertz CT molecular complexity index is 467. The van der Waals surface area contributed by atoms with Crippen LogP contribution in [0.25, 0.3) is 0 Å². The van der Waals surface area contributed by atoms with Crippen LogP contribution in [0.15, 0.2) is 22.8 Å². The van der Waals surface area contributed by atoms with Gasteiger partial charge >= 0.3 is 6.03 Å². The second kappa shape index (κ2) is 9.72. The number of furan rings is 1. The summed E-state index contributed by atoms with van der Waals surface area (Å²) in [5.41, 5.74) is 0. The molecule has 0 aromatic carbocycles. The molecular formula is C19H33N3O2. The fourth-order valence-corrected chi connectivity index (χ4v) is 3.36. The molecule has 1 aromatic heterocycles. The van der Waals surface area contributed by atoms with Gasteiger partial charge in [-0.3, -0.25) is 4.90 Å². The van der Waals surface area contributed by atoms with E-state index in [1.807, 2.05) is 17.0 Å². The van der Waals surface area contributed by atoms with Crippen molar-refractivity contribution in [2.45, 2.75) is 65.0 Å². The van der Waals surface area contributed by atoms with Gasteiger partial charge in [0, 0.05) is 19.1 Å². The Balaban J connectivity index is 1.92. The number of nitrogens with one attached hydrogen (secondary N) is 1. The van der Waals surface area contributed by atoms with E-state index in [0.717, 1.165) is 31.8 Å². The quantitative estimate of drug-likeness (QED) is 0.693. The minimum Gasteiger partial charge on any atom is -0.468 e. The van der Waals surface area contributed by atoms with Gasteiger partial charge in [0.25, 0.3) is 0 Å². The monoisotopic (exact) mass is 335 g/mol. The van der Waals surface area contributed by atoms with Crippen molar-refractivity contribution in [3.05, 3.63) is 24.2 Å². The summed E-state index contributed by atoms with van der Waals surface area (Å²) in [6.45, 7) is 9.92. The number of carbonyl (C=O) groups is 1. The summed E-state index contributed by atoms with van der Waals surface area (Å²) in [6.07, 6.45) is 7.56. The van der Waals surface area contributed by atoms with Gasteiger partial charge in [0.1, 0.15) is 5.76 Å². The third kappa shape index (κ3) is 5.26. The van der Waals surface area contributed by atoms with Crippen LogP contribution in [0.1, 0.15) is 64.7 Å². The Labute approximate surface area is 146 Å². The molecule has 24 heavy (non-hydrogen) atoms. The van der Waals surface area contributed by atoms with E-state index in [0.29, 0.717) is 6.54 Å². The summed E-state index contributed by atoms with van der Waals surface area (Å²) in [7, 11) is 0. The van der Waals surface area contributed by atoms with Crippen molar-refractivity contribution in [3.63, 3.8) is 0 Å². The van der Waals surface area contributed by atoms with Crippen LogP contribution < -0.4 is 5.32 Å². The Kier molecular flexibility index (Phi) is 7.63. The van der Waals surface area contributed by atoms with Gasteiger partial charge in [-0.05, 0) is 58.3 Å². The van der Waals surface area contributed by atoms with E-state index in [1.54, 1.807) is 6.26 Å². The second-order valence-corrected chi connectivity index (χ2v) is 6.95. The summed E-state index contributed by atoms with van der Waals surface area (Å²) >= 11 is 0. The second-order valence-electron chi connectivity index (χ2n) is 6.95. The highest BCUT2D eigenvalue weighted by Gasteiger charge is 2.27. The lowest BCUT2D eigenvalue weighted by Crippen LogP contribution is -2.47. The van der Waals surface area contributed by atoms with Crippen molar-refractivity contribution in [3.8, 4) is 0 Å². The summed E-state index contributed by atoms with van der Waals surface area (Å²) in [5.74, 6) is 0.944. The molecule has 0 unspecified atom stereocenters. The average molecular weight is 335 g/mol. The lowest BCUT2D eigenvalue weighted by molar-refractivity contribution is 0.169. The molecule has 0 radical (unpaired) electrons. The molecule has 5 nitrogen and oxygen atoms in total. The van der Waals surface area contributed by atoms with Crippen molar-refractivity contribution in [1.82, 2.24) is 15.1 Å². The van der Waals surface area contributed by atoms with E-state index in [9.17, 15) is 4.79 Å². The largest absolute Gasteiger partial charge is 0.468 e. The summed E-state index contributed by atoms with van der Waals surface area (Å²) < 4.78 is 5.62. The number of hydrogen-bond acceptors (Lipinski definition) is 3. The number of urea groups is 1. The zero-order chi connectivity index (χ0) is 17.4. The Hall–Kier alpha value is -1.49. The van der Waals surface area contributed by atoms with Gasteiger partial charge in [-0.15, -0.1) is 0 Å². The van der Waals surface area contributed by atoms with Gasteiger partial charge in [0.15, 0.2) is 0 Å². The van der Waals surface area contributed by atoms with Crippen LogP contribution in [-0.2, 0) is 0 Å². The standard InChI is InChI=1S/C19H33N3O2/c1-4-5-6-13-22(16(2)3)19(23)20-15-17(18-10-9-14-24-18)21-11-7-8-12-21/h9-10,14,16-17H,4-8,11-13,15H2,1-3H3,(H,20,23)/t17-/m1/s1. The molecular weight excluding hydrogens is 302 g/mol. The highest BCUT2D eigenvalue weighted by molar-refractivity contribution is 5.74. The topological polar surface area (TPSA) is 48.7 Å². The molecule has 1 atom stereocenters. The van der Waals surface area contributed by atoms with Crippen molar-refractivity contribution >= 4 is 6.03 Å². The van der Waals surface area contributed by atoms with Crippen LogP contribution in [0.5, 0.6) is 0 Å². The molecule has 1 fully saturated rings. The molecule has 1 aliphatic rings. The zero-order valence-electron chi connectivity index (χ0n) is 15.5. The molecule has 1 saturated heterocycles. The van der Waals surface area contributed by atoms with Gasteiger partial charge in [-0.1, -0.05) is 19.8 Å². The van der Waals surface area contributed by atoms with Crippen molar-refractivity contribution in [2.75, 3.05) is 26.2 Å². The minimum absolute atomic E-state index is 0.0388. The van der Waals surface area contributed by atoms with Gasteiger partial charge in [0.05, 0.1) is 12.3 Å². The number of hydrogen-bond donors (Lipinski definition) is 1. The van der Waals surface area contributed by atoms with E-state index in [4.69, 9.17) is 4.42 Å². The Morgan fingerprint density at radius 1 is 1.33 bits per heavy atom. The molecule has 2 heterocycles. The van der Waals surface area contributed by atoms with Gasteiger partial charge in [-0.2, -0.15) is 0 Å². The van der Waals surface area contributed by atoms with Crippen molar-refractivity contribution < 1.29 is 9.21 Å². The molecule has 2 amide bonds. The van der Waals surface area contributed by atoms with Crippen LogP contribution in [0, 0.1) is 0 Å². The molecule has 0 saturated carbocycles. The zero-order valence-corrected chi connectivity index (χ0v) is 15.5. The maximum Gasteiger partial charge on any atom is 0.317 e. The fraction of sp³-hybridized carbons (Fsp3) is 0.737. The summed E-state index contributed by atoms with van der Waals surface area (Å²) in [5, 5.41) is 3.14. The number of carbonyl (C=O) groups excluding carboxylic acids is 1. The van der Waals surface area contributed by atoms with Gasteiger partial charge in [0.2, 0.25) is 0 Å². The van der Waals surface area contributed by atoms with Crippen LogP contribution in [0.4, 0.5) is 4.79 Å². The molecule has 136 valence electrons. The lowest BCUT2D eigenvalue weighted by Gasteiger charge is -2.30. The molecule has 2 rings (SSSR count). The number of rotatable bonds is 9. The summed E-state index contributed by atoms with van der Waals surface area (Å²) in [4.78, 5) is 17.0. The average Bonchev–Trinajstić information content (AvgIpc) is 3.25. The van der Waals surface area contributed by atoms with E-state index >= 15 is 0 Å². The first-order valence-corrected chi connectivity index (χ1v) is 9.45. The van der Waals surface area contributed by atoms with Gasteiger partial charge in [-0.25, -0.2) is 4.79 Å². The van der Waals surface area contributed by atoms with Gasteiger partial charge < -0.3 is 14.6 Å². The van der Waals surface area contributed by atoms with Crippen LogP contribution in [0.2, 0.25) is 0 Å². The van der Waals surface area contributed by atoms with Crippen LogP contribution in [-0.4, -0.2) is 48.1 Å². The number of unbranched alkanes of at least 4 members (excludes halogenated alkanes) is 2. The predicted octanol–water partition coefficient (Wildman–Crippen LogP) is 4.03. The number of likely N-dealkylation sites (tertiary alicyclic amines) is 1. The molecule has 0 spiro atoms.